The van der Waals surface area contributed by atoms with Crippen molar-refractivity contribution in [1.29, 1.82) is 0 Å². The van der Waals surface area contributed by atoms with Crippen LogP contribution < -0.4 is 14.8 Å². The Morgan fingerprint density at radius 2 is 1.62 bits per heavy atom. The number of amides is 2. The smallest absolute Gasteiger partial charge is 0.255 e. The molecular weight excluding hydrogens is 368 g/mol. The average molecular weight is 396 g/mol. The van der Waals surface area contributed by atoms with Gasteiger partial charge in [-0.05, 0) is 48.4 Å². The number of rotatable bonds is 6. The summed E-state index contributed by atoms with van der Waals surface area (Å²) in [6.07, 6.45) is 4.86. The summed E-state index contributed by atoms with van der Waals surface area (Å²) in [6, 6.07) is 9.50. The number of hydrogen-bond acceptors (Lipinski definition) is 4. The van der Waals surface area contributed by atoms with Crippen LogP contribution in [0.1, 0.15) is 39.9 Å². The van der Waals surface area contributed by atoms with Gasteiger partial charge in [-0.3, -0.25) is 9.59 Å². The first-order valence-electron chi connectivity index (χ1n) is 9.81. The van der Waals surface area contributed by atoms with Gasteiger partial charge in [0, 0.05) is 20.2 Å². The first-order valence-corrected chi connectivity index (χ1v) is 9.81. The minimum atomic E-state index is -0.227. The fourth-order valence-corrected chi connectivity index (χ4v) is 3.68. The number of nitrogens with one attached hydrogen (secondary N) is 1. The number of carbonyl (C=O) groups is 2. The van der Waals surface area contributed by atoms with E-state index in [2.05, 4.69) is 17.4 Å². The van der Waals surface area contributed by atoms with Gasteiger partial charge in [0.1, 0.15) is 0 Å². The van der Waals surface area contributed by atoms with Gasteiger partial charge in [0.15, 0.2) is 11.5 Å². The molecule has 0 radical (unpaired) electrons. The van der Waals surface area contributed by atoms with E-state index < -0.39 is 0 Å². The molecule has 0 aromatic heterocycles. The third kappa shape index (κ3) is 4.70. The molecule has 0 atom stereocenters. The third-order valence-electron chi connectivity index (χ3n) is 5.21. The fraction of sp³-hybridized carbons (Fsp3) is 0.391. The number of benzene rings is 2. The maximum Gasteiger partial charge on any atom is 0.255 e. The van der Waals surface area contributed by atoms with Crippen LogP contribution in [0.2, 0.25) is 0 Å². The molecular formula is C23H28N2O4. The van der Waals surface area contributed by atoms with Gasteiger partial charge < -0.3 is 19.7 Å². The van der Waals surface area contributed by atoms with Crippen LogP contribution >= 0.6 is 0 Å². The summed E-state index contributed by atoms with van der Waals surface area (Å²) in [5, 5.41) is 2.88. The molecule has 2 aromatic rings. The summed E-state index contributed by atoms with van der Waals surface area (Å²) in [6.45, 7) is 0. The average Bonchev–Trinajstić information content (AvgIpc) is 2.72. The second kappa shape index (κ2) is 8.99. The summed E-state index contributed by atoms with van der Waals surface area (Å²) in [4.78, 5) is 26.8. The van der Waals surface area contributed by atoms with Crippen LogP contribution in [0, 0.1) is 0 Å². The number of fused-ring (bicyclic) bond motifs is 1. The molecule has 0 bridgehead atoms. The van der Waals surface area contributed by atoms with Crippen LogP contribution in [0.15, 0.2) is 30.3 Å². The first-order chi connectivity index (χ1) is 13.9. The molecule has 29 heavy (non-hydrogen) atoms. The van der Waals surface area contributed by atoms with Gasteiger partial charge in [0.2, 0.25) is 5.91 Å². The summed E-state index contributed by atoms with van der Waals surface area (Å²) in [5.74, 6) is 0.480. The molecule has 1 aliphatic carbocycles. The number of methoxy groups -OCH3 is 2. The third-order valence-corrected chi connectivity index (χ3v) is 5.21. The zero-order valence-electron chi connectivity index (χ0n) is 17.5. The Morgan fingerprint density at radius 1 is 0.966 bits per heavy atom. The molecule has 6 nitrogen and oxygen atoms in total. The van der Waals surface area contributed by atoms with Gasteiger partial charge in [0.25, 0.3) is 5.91 Å². The summed E-state index contributed by atoms with van der Waals surface area (Å²) >= 11 is 0. The number of aryl methyl sites for hydroxylation is 2. The van der Waals surface area contributed by atoms with Gasteiger partial charge in [0.05, 0.1) is 31.9 Å². The van der Waals surface area contributed by atoms with Gasteiger partial charge in [-0.15, -0.1) is 0 Å². The van der Waals surface area contributed by atoms with E-state index in [1.54, 1.807) is 26.2 Å². The van der Waals surface area contributed by atoms with Crippen molar-refractivity contribution in [2.45, 2.75) is 32.1 Å². The van der Waals surface area contributed by atoms with Crippen LogP contribution in [0.3, 0.4) is 0 Å². The van der Waals surface area contributed by atoms with E-state index in [0.717, 1.165) is 18.4 Å². The second-order valence-electron chi connectivity index (χ2n) is 7.49. The van der Waals surface area contributed by atoms with Crippen molar-refractivity contribution in [2.75, 3.05) is 33.6 Å². The van der Waals surface area contributed by atoms with Crippen LogP contribution in [-0.2, 0) is 24.1 Å². The quantitative estimate of drug-likeness (QED) is 0.812. The molecule has 6 heteroatoms. The Kier molecular flexibility index (Phi) is 6.42. The van der Waals surface area contributed by atoms with Crippen molar-refractivity contribution in [3.63, 3.8) is 0 Å². The van der Waals surface area contributed by atoms with Gasteiger partial charge in [-0.25, -0.2) is 0 Å². The molecule has 0 fully saturated rings. The number of hydrogen-bond donors (Lipinski definition) is 1. The predicted octanol–water partition coefficient (Wildman–Crippen LogP) is 3.47. The molecule has 2 amide bonds. The molecule has 0 unspecified atom stereocenters. The Morgan fingerprint density at radius 3 is 2.28 bits per heavy atom. The zero-order chi connectivity index (χ0) is 21.0. The Hall–Kier alpha value is -3.02. The fourth-order valence-electron chi connectivity index (χ4n) is 3.68. The molecule has 0 spiro atoms. The monoisotopic (exact) mass is 396 g/mol. The lowest BCUT2D eigenvalue weighted by atomic mass is 9.90. The predicted molar refractivity (Wildman–Crippen MR) is 113 cm³/mol. The molecule has 1 N–H and O–H groups in total. The summed E-state index contributed by atoms with van der Waals surface area (Å²) < 4.78 is 10.6. The SMILES string of the molecule is COc1cc(NC(=O)Cc2ccc3c(c2)CCCC3)c(C(=O)N(C)C)cc1OC. The van der Waals surface area contributed by atoms with Crippen molar-refractivity contribution in [3.8, 4) is 11.5 Å². The maximum atomic E-state index is 12.7. The zero-order valence-corrected chi connectivity index (χ0v) is 17.5. The van der Waals surface area contributed by atoms with E-state index in [4.69, 9.17) is 9.47 Å². The lowest BCUT2D eigenvalue weighted by Gasteiger charge is -2.18. The van der Waals surface area contributed by atoms with Gasteiger partial charge >= 0.3 is 0 Å². The van der Waals surface area contributed by atoms with Gasteiger partial charge in [-0.2, -0.15) is 0 Å². The van der Waals surface area contributed by atoms with E-state index in [1.165, 1.54) is 43.1 Å². The van der Waals surface area contributed by atoms with Crippen molar-refractivity contribution in [2.24, 2.45) is 0 Å². The van der Waals surface area contributed by atoms with Crippen molar-refractivity contribution in [3.05, 3.63) is 52.6 Å². The Bertz CT molecular complexity index is 921. The molecule has 0 aliphatic heterocycles. The van der Waals surface area contributed by atoms with Crippen LogP contribution in [-0.4, -0.2) is 45.0 Å². The largest absolute Gasteiger partial charge is 0.493 e. The van der Waals surface area contributed by atoms with E-state index in [0.29, 0.717) is 22.7 Å². The van der Waals surface area contributed by atoms with E-state index in [-0.39, 0.29) is 18.2 Å². The lowest BCUT2D eigenvalue weighted by molar-refractivity contribution is -0.115. The molecule has 2 aromatic carbocycles. The topological polar surface area (TPSA) is 67.9 Å². The molecule has 154 valence electrons. The summed E-state index contributed by atoms with van der Waals surface area (Å²) in [7, 11) is 6.36. The van der Waals surface area contributed by atoms with Crippen LogP contribution in [0.25, 0.3) is 0 Å². The highest BCUT2D eigenvalue weighted by atomic mass is 16.5. The van der Waals surface area contributed by atoms with Crippen molar-refractivity contribution in [1.82, 2.24) is 4.90 Å². The van der Waals surface area contributed by atoms with Gasteiger partial charge in [-0.1, -0.05) is 18.2 Å². The van der Waals surface area contributed by atoms with Crippen molar-refractivity contribution < 1.29 is 19.1 Å². The van der Waals surface area contributed by atoms with E-state index in [9.17, 15) is 9.59 Å². The Balaban J connectivity index is 1.84. The molecule has 1 aliphatic rings. The number of ether oxygens (including phenoxy) is 2. The molecule has 0 heterocycles. The summed E-state index contributed by atoms with van der Waals surface area (Å²) in [5.41, 5.74) is 4.47. The van der Waals surface area contributed by atoms with Crippen LogP contribution in [0.4, 0.5) is 5.69 Å². The highest BCUT2D eigenvalue weighted by Gasteiger charge is 2.20. The minimum absolute atomic E-state index is 0.180. The lowest BCUT2D eigenvalue weighted by Crippen LogP contribution is -2.24. The maximum absolute atomic E-state index is 12.7. The Labute approximate surface area is 171 Å². The minimum Gasteiger partial charge on any atom is -0.493 e. The van der Waals surface area contributed by atoms with E-state index >= 15 is 0 Å². The highest BCUT2D eigenvalue weighted by molar-refractivity contribution is 6.04. The number of carbonyl (C=O) groups excluding carboxylic acids is 2. The normalized spacial score (nSPS) is 12.7. The standard InChI is InChI=1S/C23H28N2O4/c1-25(2)23(27)18-13-20(28-3)21(29-4)14-19(18)24-22(26)12-15-9-10-16-7-5-6-8-17(16)11-15/h9-11,13-14H,5-8,12H2,1-4H3,(H,24,26). The van der Waals surface area contributed by atoms with Crippen LogP contribution in [0.5, 0.6) is 11.5 Å². The first kappa shape index (κ1) is 20.7. The molecule has 3 rings (SSSR count). The second-order valence-corrected chi connectivity index (χ2v) is 7.49. The number of anilines is 1. The molecule has 0 saturated carbocycles. The highest BCUT2D eigenvalue weighted by Crippen LogP contribution is 2.34. The van der Waals surface area contributed by atoms with E-state index in [1.807, 2.05) is 6.07 Å². The van der Waals surface area contributed by atoms with Crippen molar-refractivity contribution >= 4 is 17.5 Å². The number of nitrogens with zero attached hydrogens (tertiary/aromatic N) is 1. The molecule has 0 saturated heterocycles.